The molecular weight excluding hydrogens is 418 g/mol. The monoisotopic (exact) mass is 434 g/mol. The van der Waals surface area contributed by atoms with Gasteiger partial charge in [-0.3, -0.25) is 14.2 Å². The number of nitrogens with one attached hydrogen (secondary N) is 1. The number of hydrogen-bond donors (Lipinski definition) is 1. The van der Waals surface area contributed by atoms with Crippen LogP contribution in [-0.4, -0.2) is 40.1 Å². The zero-order chi connectivity index (χ0) is 21.5. The lowest BCUT2D eigenvalue weighted by Gasteiger charge is -2.10. The third-order valence-electron chi connectivity index (χ3n) is 4.32. The molecule has 0 bridgehead atoms. The number of carbonyl (C=O) groups excluding carboxylic acids is 1. The summed E-state index contributed by atoms with van der Waals surface area (Å²) in [7, 11) is 0. The Balaban J connectivity index is 1.53. The van der Waals surface area contributed by atoms with Crippen molar-refractivity contribution >= 4 is 28.8 Å². The molecule has 4 heterocycles. The lowest BCUT2D eigenvalue weighted by atomic mass is 10.3. The molecule has 0 saturated carbocycles. The predicted octanol–water partition coefficient (Wildman–Crippen LogP) is 3.04. The van der Waals surface area contributed by atoms with Crippen molar-refractivity contribution in [3.05, 3.63) is 59.6 Å². The Bertz CT molecular complexity index is 1220. The minimum atomic E-state index is -3.65. The molecule has 0 aliphatic carbocycles. The maximum absolute atomic E-state index is 13.7. The molecule has 9 nitrogen and oxygen atoms in total. The molecule has 156 valence electrons. The van der Waals surface area contributed by atoms with Crippen LogP contribution >= 0.6 is 11.6 Å². The first-order valence-corrected chi connectivity index (χ1v) is 9.40. The van der Waals surface area contributed by atoms with Crippen LogP contribution in [0.3, 0.4) is 0 Å². The smallest absolute Gasteiger partial charge is 0.318 e. The van der Waals surface area contributed by atoms with Gasteiger partial charge in [0.25, 0.3) is 5.91 Å². The maximum Gasteiger partial charge on any atom is 0.364 e. The minimum Gasteiger partial charge on any atom is -0.318 e. The van der Waals surface area contributed by atoms with E-state index in [9.17, 15) is 13.6 Å². The largest absolute Gasteiger partial charge is 0.364 e. The van der Waals surface area contributed by atoms with Gasteiger partial charge in [0, 0.05) is 36.3 Å². The number of nitrogens with zero attached hydrogens (tertiary/aromatic N) is 7. The molecule has 4 rings (SSSR count). The highest BCUT2D eigenvalue weighted by Crippen LogP contribution is 2.32. The number of halogens is 3. The molecular formula is C18H17ClF2N8O. The summed E-state index contributed by atoms with van der Waals surface area (Å²) in [6.45, 7) is 4.80. The molecule has 12 heteroatoms. The number of alkyl halides is 3. The number of carbonyl (C=O) groups is 1. The molecule has 0 spiro atoms. The van der Waals surface area contributed by atoms with E-state index in [0.29, 0.717) is 17.9 Å². The predicted molar refractivity (Wildman–Crippen MR) is 105 cm³/mol. The van der Waals surface area contributed by atoms with Crippen LogP contribution in [0.15, 0.2) is 36.9 Å². The third-order valence-corrected chi connectivity index (χ3v) is 4.52. The van der Waals surface area contributed by atoms with Crippen LogP contribution in [0.2, 0.25) is 0 Å². The first kappa shape index (κ1) is 20.0. The Morgan fingerprint density at radius 1 is 1.20 bits per heavy atom. The molecule has 0 aliphatic heterocycles. The van der Waals surface area contributed by atoms with Crippen molar-refractivity contribution in [2.24, 2.45) is 0 Å². The summed E-state index contributed by atoms with van der Waals surface area (Å²) in [6, 6.07) is 2.44. The molecule has 0 aromatic carbocycles. The minimum absolute atomic E-state index is 0.0766. The molecule has 0 unspecified atom stereocenters. The van der Waals surface area contributed by atoms with Crippen molar-refractivity contribution in [1.29, 1.82) is 0 Å². The topological polar surface area (TPSA) is 94.9 Å². The fraction of sp³-hybridized carbons (Fsp3) is 0.278. The van der Waals surface area contributed by atoms with Gasteiger partial charge in [-0.15, -0.1) is 0 Å². The number of amides is 1. The van der Waals surface area contributed by atoms with Gasteiger partial charge in [-0.25, -0.2) is 9.50 Å². The molecule has 30 heavy (non-hydrogen) atoms. The molecule has 0 saturated heterocycles. The highest BCUT2D eigenvalue weighted by atomic mass is 35.5. The number of hydrogen-bond acceptors (Lipinski definition) is 5. The molecule has 0 aliphatic rings. The average Bonchev–Trinajstić information content (AvgIpc) is 3.40. The van der Waals surface area contributed by atoms with Gasteiger partial charge in [-0.2, -0.15) is 24.1 Å². The second-order valence-corrected chi connectivity index (χ2v) is 7.14. The van der Waals surface area contributed by atoms with Gasteiger partial charge in [0.05, 0.1) is 24.6 Å². The van der Waals surface area contributed by atoms with E-state index in [0.717, 1.165) is 22.7 Å². The number of aromatic nitrogens is 7. The van der Waals surface area contributed by atoms with Crippen LogP contribution in [0.5, 0.6) is 0 Å². The Labute approximate surface area is 174 Å². The van der Waals surface area contributed by atoms with Crippen LogP contribution in [0.25, 0.3) is 5.65 Å². The summed E-state index contributed by atoms with van der Waals surface area (Å²) in [5, 5.41) is 11.3. The highest BCUT2D eigenvalue weighted by Gasteiger charge is 2.32. The van der Waals surface area contributed by atoms with E-state index in [1.807, 2.05) is 13.1 Å². The van der Waals surface area contributed by atoms with E-state index >= 15 is 0 Å². The first-order valence-electron chi connectivity index (χ1n) is 9.02. The van der Waals surface area contributed by atoms with Crippen LogP contribution in [0, 0.1) is 6.92 Å². The molecule has 0 atom stereocenters. The third kappa shape index (κ3) is 4.01. The quantitative estimate of drug-likeness (QED) is 0.471. The van der Waals surface area contributed by atoms with E-state index in [1.54, 1.807) is 28.7 Å². The SMILES string of the molecule is CCn1cc(Cn2cc(NC(=O)c3cc4nc(C)cc(C(F)(F)Cl)n4n3)cn2)cn1. The van der Waals surface area contributed by atoms with Gasteiger partial charge in [-0.05, 0) is 31.5 Å². The number of rotatable bonds is 6. The van der Waals surface area contributed by atoms with Crippen molar-refractivity contribution in [3.63, 3.8) is 0 Å². The molecule has 4 aromatic heterocycles. The molecule has 0 radical (unpaired) electrons. The summed E-state index contributed by atoms with van der Waals surface area (Å²) >= 11 is 5.17. The molecule has 0 fully saturated rings. The fourth-order valence-corrected chi connectivity index (χ4v) is 3.11. The number of fused-ring (bicyclic) bond motifs is 1. The Kier molecular flexibility index (Phi) is 4.98. The molecule has 4 aromatic rings. The summed E-state index contributed by atoms with van der Waals surface area (Å²) < 4.78 is 31.7. The second-order valence-electron chi connectivity index (χ2n) is 6.67. The fourth-order valence-electron chi connectivity index (χ4n) is 2.97. The van der Waals surface area contributed by atoms with Crippen LogP contribution in [0.4, 0.5) is 14.5 Å². The average molecular weight is 435 g/mol. The van der Waals surface area contributed by atoms with Crippen molar-refractivity contribution in [3.8, 4) is 0 Å². The highest BCUT2D eigenvalue weighted by molar-refractivity contribution is 6.21. The standard InChI is InChI=1S/C18H17ClF2N8O/c1-3-27-8-12(6-22-27)9-28-10-13(7-23-28)25-17(30)14-5-16-24-11(2)4-15(18(19,20)21)29(16)26-14/h4-8,10H,3,9H2,1-2H3,(H,25,30). The number of aryl methyl sites for hydroxylation is 2. The maximum atomic E-state index is 13.7. The van der Waals surface area contributed by atoms with Gasteiger partial charge in [-0.1, -0.05) is 0 Å². The Morgan fingerprint density at radius 3 is 2.67 bits per heavy atom. The lowest BCUT2D eigenvalue weighted by molar-refractivity contribution is 0.0868. The van der Waals surface area contributed by atoms with Crippen molar-refractivity contribution in [1.82, 2.24) is 34.2 Å². The van der Waals surface area contributed by atoms with Gasteiger partial charge in [0.15, 0.2) is 11.3 Å². The second kappa shape index (κ2) is 7.48. The van der Waals surface area contributed by atoms with E-state index < -0.39 is 17.0 Å². The van der Waals surface area contributed by atoms with E-state index in [1.165, 1.54) is 12.3 Å². The summed E-state index contributed by atoms with van der Waals surface area (Å²) in [5.41, 5.74) is 1.19. The zero-order valence-electron chi connectivity index (χ0n) is 16.1. The van der Waals surface area contributed by atoms with E-state index in [-0.39, 0.29) is 11.3 Å². The summed E-state index contributed by atoms with van der Waals surface area (Å²) in [5.74, 6) is -0.583. The van der Waals surface area contributed by atoms with Crippen molar-refractivity contribution in [2.45, 2.75) is 32.3 Å². The lowest BCUT2D eigenvalue weighted by Crippen LogP contribution is -2.15. The molecule has 1 N–H and O–H groups in total. The van der Waals surface area contributed by atoms with Crippen molar-refractivity contribution < 1.29 is 13.6 Å². The molecule has 1 amide bonds. The Morgan fingerprint density at radius 2 is 1.97 bits per heavy atom. The first-order chi connectivity index (χ1) is 14.2. The van der Waals surface area contributed by atoms with E-state index in [2.05, 4.69) is 25.6 Å². The van der Waals surface area contributed by atoms with Gasteiger partial charge in [0.2, 0.25) is 0 Å². The summed E-state index contributed by atoms with van der Waals surface area (Å²) in [4.78, 5) is 16.7. The van der Waals surface area contributed by atoms with E-state index in [4.69, 9.17) is 11.6 Å². The van der Waals surface area contributed by atoms with Gasteiger partial charge >= 0.3 is 5.38 Å². The van der Waals surface area contributed by atoms with Crippen molar-refractivity contribution in [2.75, 3.05) is 5.32 Å². The van der Waals surface area contributed by atoms with Crippen LogP contribution in [0.1, 0.15) is 34.4 Å². The Hall–Kier alpha value is -3.34. The zero-order valence-corrected chi connectivity index (χ0v) is 16.8. The van der Waals surface area contributed by atoms with Gasteiger partial charge in [0.1, 0.15) is 5.69 Å². The number of anilines is 1. The van der Waals surface area contributed by atoms with Crippen LogP contribution in [-0.2, 0) is 18.5 Å². The van der Waals surface area contributed by atoms with Crippen LogP contribution < -0.4 is 5.32 Å². The normalized spacial score (nSPS) is 11.9. The summed E-state index contributed by atoms with van der Waals surface area (Å²) in [6.07, 6.45) is 6.80. The van der Waals surface area contributed by atoms with Gasteiger partial charge < -0.3 is 5.32 Å².